The zero-order valence-electron chi connectivity index (χ0n) is 12.7. The van der Waals surface area contributed by atoms with Crippen molar-refractivity contribution in [1.82, 2.24) is 4.98 Å². The van der Waals surface area contributed by atoms with Gasteiger partial charge in [0.1, 0.15) is 0 Å². The molecule has 1 amide bonds. The number of pyridine rings is 1. The van der Waals surface area contributed by atoms with Crippen LogP contribution < -0.4 is 4.90 Å². The summed E-state index contributed by atoms with van der Waals surface area (Å²) in [5, 5.41) is 1.09. The zero-order chi connectivity index (χ0) is 15.5. The normalized spacial score (nSPS) is 12.1. The minimum absolute atomic E-state index is 0.0361. The topological polar surface area (TPSA) is 33.2 Å². The number of carbonyl (C=O) groups is 1. The number of hydrogen-bond acceptors (Lipinski definition) is 2. The number of nitrogens with zero attached hydrogens (tertiary/aromatic N) is 2. The highest BCUT2D eigenvalue weighted by atomic mass is 16.2. The van der Waals surface area contributed by atoms with Crippen molar-refractivity contribution in [2.75, 3.05) is 11.9 Å². The minimum Gasteiger partial charge on any atom is -0.315 e. The first-order valence-corrected chi connectivity index (χ1v) is 7.35. The summed E-state index contributed by atoms with van der Waals surface area (Å²) in [6.07, 6.45) is 0. The standard InChI is InChI=1S/C19H18N2O/c1-14(19(22)21(2)16-9-4-3-5-10-16)17-13-12-15-8-6-7-11-18(15)20-17/h3-14H,1-2H3. The fourth-order valence-electron chi connectivity index (χ4n) is 2.52. The Bertz CT molecular complexity index is 799. The van der Waals surface area contributed by atoms with E-state index in [2.05, 4.69) is 4.98 Å². The van der Waals surface area contributed by atoms with Crippen molar-refractivity contribution < 1.29 is 4.79 Å². The van der Waals surface area contributed by atoms with Crippen molar-refractivity contribution in [3.05, 3.63) is 72.4 Å². The molecule has 3 aromatic rings. The molecule has 0 aliphatic heterocycles. The van der Waals surface area contributed by atoms with Crippen LogP contribution in [0.15, 0.2) is 66.7 Å². The molecule has 0 aliphatic carbocycles. The maximum atomic E-state index is 12.7. The van der Waals surface area contributed by atoms with Crippen LogP contribution in [0.5, 0.6) is 0 Å². The lowest BCUT2D eigenvalue weighted by molar-refractivity contribution is -0.119. The number of benzene rings is 2. The van der Waals surface area contributed by atoms with E-state index in [0.717, 1.165) is 22.3 Å². The van der Waals surface area contributed by atoms with Crippen molar-refractivity contribution >= 4 is 22.5 Å². The zero-order valence-corrected chi connectivity index (χ0v) is 12.7. The third kappa shape index (κ3) is 2.70. The first-order chi connectivity index (χ1) is 10.7. The summed E-state index contributed by atoms with van der Waals surface area (Å²) in [6.45, 7) is 1.90. The van der Waals surface area contributed by atoms with Gasteiger partial charge in [-0.25, -0.2) is 0 Å². The number of carbonyl (C=O) groups excluding carboxylic acids is 1. The minimum atomic E-state index is -0.283. The van der Waals surface area contributed by atoms with Gasteiger partial charge in [-0.15, -0.1) is 0 Å². The van der Waals surface area contributed by atoms with Crippen LogP contribution >= 0.6 is 0 Å². The largest absolute Gasteiger partial charge is 0.315 e. The monoisotopic (exact) mass is 290 g/mol. The molecule has 0 radical (unpaired) electrons. The Kier molecular flexibility index (Phi) is 3.88. The lowest BCUT2D eigenvalue weighted by atomic mass is 10.0. The van der Waals surface area contributed by atoms with Crippen molar-refractivity contribution in [2.24, 2.45) is 0 Å². The Morgan fingerprint density at radius 3 is 2.41 bits per heavy atom. The fourth-order valence-corrected chi connectivity index (χ4v) is 2.52. The molecule has 1 heterocycles. The van der Waals surface area contributed by atoms with Gasteiger partial charge >= 0.3 is 0 Å². The molecular formula is C19H18N2O. The molecule has 0 bridgehead atoms. The third-order valence-electron chi connectivity index (χ3n) is 3.91. The van der Waals surface area contributed by atoms with Crippen LogP contribution in [0.2, 0.25) is 0 Å². The lowest BCUT2D eigenvalue weighted by Crippen LogP contribution is -2.30. The average Bonchev–Trinajstić information content (AvgIpc) is 2.60. The van der Waals surface area contributed by atoms with E-state index < -0.39 is 0 Å². The number of fused-ring (bicyclic) bond motifs is 1. The molecule has 3 heteroatoms. The molecule has 3 rings (SSSR count). The average molecular weight is 290 g/mol. The van der Waals surface area contributed by atoms with Gasteiger partial charge in [0.15, 0.2) is 0 Å². The predicted molar refractivity (Wildman–Crippen MR) is 90.0 cm³/mol. The van der Waals surface area contributed by atoms with Crippen molar-refractivity contribution in [3.63, 3.8) is 0 Å². The van der Waals surface area contributed by atoms with Gasteiger partial charge in [-0.1, -0.05) is 42.5 Å². The highest BCUT2D eigenvalue weighted by Gasteiger charge is 2.21. The van der Waals surface area contributed by atoms with Gasteiger partial charge in [0.2, 0.25) is 5.91 Å². The van der Waals surface area contributed by atoms with Crippen molar-refractivity contribution in [1.29, 1.82) is 0 Å². The summed E-state index contributed by atoms with van der Waals surface area (Å²) in [6, 6.07) is 21.5. The fraction of sp³-hybridized carbons (Fsp3) is 0.158. The van der Waals surface area contributed by atoms with Crippen LogP contribution in [0.25, 0.3) is 10.9 Å². The molecule has 1 atom stereocenters. The SMILES string of the molecule is CC(C(=O)N(C)c1ccccc1)c1ccc2ccccc2n1. The molecule has 1 unspecified atom stereocenters. The summed E-state index contributed by atoms with van der Waals surface area (Å²) < 4.78 is 0. The molecule has 1 aromatic heterocycles. The van der Waals surface area contributed by atoms with Gasteiger partial charge in [0.25, 0.3) is 0 Å². The van der Waals surface area contributed by atoms with Gasteiger partial charge in [-0.05, 0) is 31.2 Å². The van der Waals surface area contributed by atoms with Crippen LogP contribution in [0.4, 0.5) is 5.69 Å². The van der Waals surface area contributed by atoms with Crippen LogP contribution in [0.3, 0.4) is 0 Å². The highest BCUT2D eigenvalue weighted by Crippen LogP contribution is 2.22. The highest BCUT2D eigenvalue weighted by molar-refractivity contribution is 5.97. The molecule has 0 saturated carbocycles. The predicted octanol–water partition coefficient (Wildman–Crippen LogP) is 4.00. The lowest BCUT2D eigenvalue weighted by Gasteiger charge is -2.21. The molecule has 0 spiro atoms. The van der Waals surface area contributed by atoms with Gasteiger partial charge in [-0.3, -0.25) is 9.78 Å². The van der Waals surface area contributed by atoms with Gasteiger partial charge in [0.05, 0.1) is 17.1 Å². The Labute approximate surface area is 130 Å². The smallest absolute Gasteiger partial charge is 0.235 e. The van der Waals surface area contributed by atoms with E-state index in [-0.39, 0.29) is 11.8 Å². The number of para-hydroxylation sites is 2. The molecule has 3 nitrogen and oxygen atoms in total. The molecular weight excluding hydrogens is 272 g/mol. The second kappa shape index (κ2) is 5.98. The number of rotatable bonds is 3. The molecule has 0 fully saturated rings. The Balaban J connectivity index is 1.88. The number of anilines is 1. The summed E-state index contributed by atoms with van der Waals surface area (Å²) in [4.78, 5) is 19.0. The van der Waals surface area contributed by atoms with Crippen molar-refractivity contribution in [2.45, 2.75) is 12.8 Å². The van der Waals surface area contributed by atoms with E-state index in [1.54, 1.807) is 11.9 Å². The van der Waals surface area contributed by atoms with Crippen LogP contribution in [-0.2, 0) is 4.79 Å². The van der Waals surface area contributed by atoms with E-state index in [9.17, 15) is 4.79 Å². The summed E-state index contributed by atoms with van der Waals surface area (Å²) in [5.41, 5.74) is 2.61. The second-order valence-electron chi connectivity index (χ2n) is 5.38. The summed E-state index contributed by atoms with van der Waals surface area (Å²) in [7, 11) is 1.80. The first-order valence-electron chi connectivity index (χ1n) is 7.35. The number of likely N-dealkylation sites (N-methyl/N-ethyl adjacent to an activating group) is 1. The molecule has 0 aliphatic rings. The van der Waals surface area contributed by atoms with E-state index in [1.807, 2.05) is 73.7 Å². The van der Waals surface area contributed by atoms with E-state index in [0.29, 0.717) is 0 Å². The third-order valence-corrected chi connectivity index (χ3v) is 3.91. The van der Waals surface area contributed by atoms with Gasteiger partial charge < -0.3 is 4.90 Å². The Morgan fingerprint density at radius 1 is 0.955 bits per heavy atom. The summed E-state index contributed by atoms with van der Waals surface area (Å²) >= 11 is 0. The van der Waals surface area contributed by atoms with Crippen LogP contribution in [-0.4, -0.2) is 17.9 Å². The van der Waals surface area contributed by atoms with Crippen molar-refractivity contribution in [3.8, 4) is 0 Å². The number of hydrogen-bond donors (Lipinski definition) is 0. The Hall–Kier alpha value is -2.68. The van der Waals surface area contributed by atoms with Crippen LogP contribution in [0.1, 0.15) is 18.5 Å². The van der Waals surface area contributed by atoms with Gasteiger partial charge in [-0.2, -0.15) is 0 Å². The van der Waals surface area contributed by atoms with Gasteiger partial charge in [0, 0.05) is 18.1 Å². The van der Waals surface area contributed by atoms with Crippen LogP contribution in [0, 0.1) is 0 Å². The molecule has 110 valence electrons. The maximum Gasteiger partial charge on any atom is 0.235 e. The van der Waals surface area contributed by atoms with E-state index >= 15 is 0 Å². The quantitative estimate of drug-likeness (QED) is 0.730. The second-order valence-corrected chi connectivity index (χ2v) is 5.38. The molecule has 2 aromatic carbocycles. The van der Waals surface area contributed by atoms with E-state index in [1.165, 1.54) is 0 Å². The Morgan fingerprint density at radius 2 is 1.64 bits per heavy atom. The molecule has 22 heavy (non-hydrogen) atoms. The van der Waals surface area contributed by atoms with E-state index in [4.69, 9.17) is 0 Å². The molecule has 0 N–H and O–H groups in total. The summed E-state index contributed by atoms with van der Waals surface area (Å²) in [5.74, 6) is -0.246. The first kappa shape index (κ1) is 14.3. The molecule has 0 saturated heterocycles. The number of aromatic nitrogens is 1. The number of amides is 1. The maximum absolute atomic E-state index is 12.7.